The number of nitrogens with zero attached hydrogens (tertiary/aromatic N) is 4. The zero-order valence-electron chi connectivity index (χ0n) is 6.05. The molecule has 0 aromatic carbocycles. The normalized spacial score (nSPS) is 10.1. The van der Waals surface area contributed by atoms with Crippen LogP contribution in [0.5, 0.6) is 0 Å². The Morgan fingerprint density at radius 3 is 2.50 bits per heavy atom. The van der Waals surface area contributed by atoms with Crippen LogP contribution in [0.4, 0.5) is 0 Å². The average molecular weight is 225 g/mol. The second-order valence-electron chi connectivity index (χ2n) is 2.21. The van der Waals surface area contributed by atoms with Crippen LogP contribution < -0.4 is 0 Å². The van der Waals surface area contributed by atoms with Gasteiger partial charge >= 0.3 is 0 Å². The third-order valence-electron chi connectivity index (χ3n) is 1.43. The van der Waals surface area contributed by atoms with Crippen molar-refractivity contribution >= 4 is 15.9 Å². The van der Waals surface area contributed by atoms with Gasteiger partial charge in [0.1, 0.15) is 17.3 Å². The second-order valence-corrected chi connectivity index (χ2v) is 3.02. The van der Waals surface area contributed by atoms with E-state index in [4.69, 9.17) is 0 Å². The standard InChI is InChI=1S/C7H5BrN4/c8-7-2-1-6(3-9-7)12-4-10-11-5-12/h1-5H. The van der Waals surface area contributed by atoms with Crippen LogP contribution in [-0.4, -0.2) is 19.7 Å². The Morgan fingerprint density at radius 2 is 1.92 bits per heavy atom. The highest BCUT2D eigenvalue weighted by Gasteiger charge is 1.94. The number of pyridine rings is 1. The SMILES string of the molecule is Brc1ccc(-n2cnnc2)cn1. The van der Waals surface area contributed by atoms with Crippen molar-refractivity contribution in [2.75, 3.05) is 0 Å². The van der Waals surface area contributed by atoms with Gasteiger partial charge in [-0.3, -0.25) is 4.57 Å². The summed E-state index contributed by atoms with van der Waals surface area (Å²) >= 11 is 3.26. The van der Waals surface area contributed by atoms with Gasteiger partial charge < -0.3 is 0 Å². The van der Waals surface area contributed by atoms with Crippen molar-refractivity contribution < 1.29 is 0 Å². The minimum Gasteiger partial charge on any atom is -0.287 e. The van der Waals surface area contributed by atoms with Gasteiger partial charge in [0.15, 0.2) is 0 Å². The van der Waals surface area contributed by atoms with Crippen LogP contribution >= 0.6 is 15.9 Å². The fourth-order valence-electron chi connectivity index (χ4n) is 0.855. The molecule has 0 aliphatic heterocycles. The first kappa shape index (κ1) is 7.42. The molecule has 2 aromatic heterocycles. The van der Waals surface area contributed by atoms with Crippen molar-refractivity contribution in [3.8, 4) is 5.69 Å². The summed E-state index contributed by atoms with van der Waals surface area (Å²) in [5.41, 5.74) is 0.947. The van der Waals surface area contributed by atoms with Gasteiger partial charge in [0.05, 0.1) is 11.9 Å². The third-order valence-corrected chi connectivity index (χ3v) is 1.90. The molecule has 0 atom stereocenters. The molecule has 0 aliphatic carbocycles. The number of aromatic nitrogens is 4. The van der Waals surface area contributed by atoms with Crippen molar-refractivity contribution in [1.29, 1.82) is 0 Å². The molecule has 4 nitrogen and oxygen atoms in total. The number of hydrogen-bond acceptors (Lipinski definition) is 3. The molecule has 0 radical (unpaired) electrons. The largest absolute Gasteiger partial charge is 0.287 e. The van der Waals surface area contributed by atoms with Crippen molar-refractivity contribution in [3.63, 3.8) is 0 Å². The van der Waals surface area contributed by atoms with Gasteiger partial charge in [0, 0.05) is 0 Å². The minimum atomic E-state index is 0.819. The first-order valence-corrected chi connectivity index (χ1v) is 4.12. The van der Waals surface area contributed by atoms with E-state index < -0.39 is 0 Å². The summed E-state index contributed by atoms with van der Waals surface area (Å²) in [6.07, 6.45) is 5.00. The highest BCUT2D eigenvalue weighted by Crippen LogP contribution is 2.08. The monoisotopic (exact) mass is 224 g/mol. The molecule has 12 heavy (non-hydrogen) atoms. The Hall–Kier alpha value is -1.23. The van der Waals surface area contributed by atoms with E-state index >= 15 is 0 Å². The predicted octanol–water partition coefficient (Wildman–Crippen LogP) is 1.42. The predicted molar refractivity (Wildman–Crippen MR) is 46.9 cm³/mol. The van der Waals surface area contributed by atoms with Crippen LogP contribution in [0, 0.1) is 0 Å². The Labute approximate surface area is 77.4 Å². The van der Waals surface area contributed by atoms with E-state index in [-0.39, 0.29) is 0 Å². The van der Waals surface area contributed by atoms with E-state index in [1.54, 1.807) is 23.4 Å². The summed E-state index contributed by atoms with van der Waals surface area (Å²) in [5.74, 6) is 0. The highest BCUT2D eigenvalue weighted by atomic mass is 79.9. The van der Waals surface area contributed by atoms with Crippen LogP contribution in [0.15, 0.2) is 35.6 Å². The van der Waals surface area contributed by atoms with Gasteiger partial charge in [0.2, 0.25) is 0 Å². The van der Waals surface area contributed by atoms with E-state index in [2.05, 4.69) is 31.1 Å². The lowest BCUT2D eigenvalue weighted by Gasteiger charge is -1.98. The Bertz CT molecular complexity index is 353. The van der Waals surface area contributed by atoms with Gasteiger partial charge in [-0.2, -0.15) is 0 Å². The van der Waals surface area contributed by atoms with Gasteiger partial charge in [-0.25, -0.2) is 4.98 Å². The molecular formula is C7H5BrN4. The van der Waals surface area contributed by atoms with E-state index in [0.717, 1.165) is 10.3 Å². The van der Waals surface area contributed by atoms with Crippen LogP contribution in [0.3, 0.4) is 0 Å². The molecule has 2 heterocycles. The van der Waals surface area contributed by atoms with Crippen molar-refractivity contribution in [2.45, 2.75) is 0 Å². The summed E-state index contributed by atoms with van der Waals surface area (Å²) in [6, 6.07) is 3.80. The summed E-state index contributed by atoms with van der Waals surface area (Å²) in [5, 5.41) is 7.39. The van der Waals surface area contributed by atoms with Crippen molar-refractivity contribution in [3.05, 3.63) is 35.6 Å². The molecule has 0 spiro atoms. The highest BCUT2D eigenvalue weighted by molar-refractivity contribution is 9.10. The molecule has 2 rings (SSSR count). The molecule has 5 heteroatoms. The smallest absolute Gasteiger partial charge is 0.123 e. The quantitative estimate of drug-likeness (QED) is 0.689. The molecule has 0 amide bonds. The minimum absolute atomic E-state index is 0.819. The van der Waals surface area contributed by atoms with Gasteiger partial charge in [-0.1, -0.05) is 0 Å². The lowest BCUT2D eigenvalue weighted by Crippen LogP contribution is -1.90. The third kappa shape index (κ3) is 1.35. The van der Waals surface area contributed by atoms with Gasteiger partial charge in [-0.05, 0) is 28.1 Å². The Balaban J connectivity index is 2.43. The summed E-state index contributed by atoms with van der Waals surface area (Å²) in [4.78, 5) is 4.08. The summed E-state index contributed by atoms with van der Waals surface area (Å²) < 4.78 is 2.61. The van der Waals surface area contributed by atoms with E-state index in [1.165, 1.54) is 0 Å². The fourth-order valence-corrected chi connectivity index (χ4v) is 1.09. The average Bonchev–Trinajstić information content (AvgIpc) is 2.58. The van der Waals surface area contributed by atoms with E-state index in [9.17, 15) is 0 Å². The van der Waals surface area contributed by atoms with Crippen LogP contribution in [0.25, 0.3) is 5.69 Å². The molecule has 60 valence electrons. The van der Waals surface area contributed by atoms with Crippen LogP contribution in [0.2, 0.25) is 0 Å². The second kappa shape index (κ2) is 3.02. The van der Waals surface area contributed by atoms with Gasteiger partial charge in [0.25, 0.3) is 0 Å². The molecule has 0 aliphatic rings. The van der Waals surface area contributed by atoms with Crippen LogP contribution in [-0.2, 0) is 0 Å². The van der Waals surface area contributed by atoms with Gasteiger partial charge in [-0.15, -0.1) is 10.2 Å². The first-order valence-electron chi connectivity index (χ1n) is 3.33. The molecule has 0 saturated heterocycles. The summed E-state index contributed by atoms with van der Waals surface area (Å²) in [6.45, 7) is 0. The zero-order valence-corrected chi connectivity index (χ0v) is 7.64. The Morgan fingerprint density at radius 1 is 1.17 bits per heavy atom. The zero-order chi connectivity index (χ0) is 8.39. The van der Waals surface area contributed by atoms with Crippen molar-refractivity contribution in [2.24, 2.45) is 0 Å². The van der Waals surface area contributed by atoms with E-state index in [1.807, 2.05) is 12.1 Å². The maximum Gasteiger partial charge on any atom is 0.123 e. The molecule has 0 saturated carbocycles. The lowest BCUT2D eigenvalue weighted by molar-refractivity contribution is 1.03. The molecule has 0 bridgehead atoms. The molecule has 0 fully saturated rings. The Kier molecular flexibility index (Phi) is 1.87. The van der Waals surface area contributed by atoms with Crippen molar-refractivity contribution in [1.82, 2.24) is 19.7 Å². The molecule has 0 unspecified atom stereocenters. The van der Waals surface area contributed by atoms with E-state index in [0.29, 0.717) is 0 Å². The topological polar surface area (TPSA) is 43.6 Å². The maximum atomic E-state index is 4.08. The number of rotatable bonds is 1. The first-order chi connectivity index (χ1) is 5.86. The fraction of sp³-hybridized carbons (Fsp3) is 0. The molecule has 2 aromatic rings. The summed E-state index contributed by atoms with van der Waals surface area (Å²) in [7, 11) is 0. The molecule has 0 N–H and O–H groups in total. The lowest BCUT2D eigenvalue weighted by atomic mass is 10.4. The number of hydrogen-bond donors (Lipinski definition) is 0. The maximum absolute atomic E-state index is 4.08. The number of halogens is 1. The van der Waals surface area contributed by atoms with Crippen LogP contribution in [0.1, 0.15) is 0 Å². The molecular weight excluding hydrogens is 220 g/mol.